The molecule has 0 saturated heterocycles. The number of halogens is 4. The third-order valence-electron chi connectivity index (χ3n) is 3.80. The van der Waals surface area contributed by atoms with Gasteiger partial charge in [-0.2, -0.15) is 13.2 Å². The van der Waals surface area contributed by atoms with E-state index in [2.05, 4.69) is 5.32 Å². The van der Waals surface area contributed by atoms with Crippen molar-refractivity contribution < 1.29 is 27.4 Å². The molecule has 0 aliphatic carbocycles. The van der Waals surface area contributed by atoms with Gasteiger partial charge in [0, 0.05) is 12.1 Å². The minimum absolute atomic E-state index is 0.0448. The SMILES string of the molecule is CCOc1ccc(CCC(=O)Nc2ccc(Cl)c(C(F)(F)F)c2)cc1OCC. The number of anilines is 1. The minimum atomic E-state index is -4.59. The smallest absolute Gasteiger partial charge is 0.417 e. The van der Waals surface area contributed by atoms with Gasteiger partial charge in [-0.25, -0.2) is 0 Å². The van der Waals surface area contributed by atoms with Crippen LogP contribution in [0.5, 0.6) is 11.5 Å². The highest BCUT2D eigenvalue weighted by Crippen LogP contribution is 2.36. The fraction of sp³-hybridized carbons (Fsp3) is 0.350. The largest absolute Gasteiger partial charge is 0.490 e. The molecule has 28 heavy (non-hydrogen) atoms. The number of nitrogens with one attached hydrogen (secondary N) is 1. The van der Waals surface area contributed by atoms with Crippen LogP contribution < -0.4 is 14.8 Å². The number of aryl methyl sites for hydroxylation is 1. The number of benzene rings is 2. The Morgan fingerprint density at radius 3 is 2.36 bits per heavy atom. The highest BCUT2D eigenvalue weighted by molar-refractivity contribution is 6.31. The molecule has 4 nitrogen and oxygen atoms in total. The van der Waals surface area contributed by atoms with Gasteiger partial charge in [-0.15, -0.1) is 0 Å². The van der Waals surface area contributed by atoms with Crippen molar-refractivity contribution in [3.63, 3.8) is 0 Å². The van der Waals surface area contributed by atoms with E-state index in [1.54, 1.807) is 12.1 Å². The third-order valence-corrected chi connectivity index (χ3v) is 4.13. The Labute approximate surface area is 166 Å². The predicted octanol–water partition coefficient (Wildman–Crippen LogP) is 5.73. The summed E-state index contributed by atoms with van der Waals surface area (Å²) >= 11 is 5.58. The number of hydrogen-bond acceptors (Lipinski definition) is 3. The molecule has 2 aromatic carbocycles. The quantitative estimate of drug-likeness (QED) is 0.599. The van der Waals surface area contributed by atoms with Crippen molar-refractivity contribution in [3.05, 3.63) is 52.5 Å². The molecule has 2 aromatic rings. The van der Waals surface area contributed by atoms with Crippen LogP contribution in [0.2, 0.25) is 5.02 Å². The molecule has 0 atom stereocenters. The first kappa shape index (κ1) is 21.9. The van der Waals surface area contributed by atoms with E-state index >= 15 is 0 Å². The van der Waals surface area contributed by atoms with Gasteiger partial charge in [-0.3, -0.25) is 4.79 Å². The Bertz CT molecular complexity index is 825. The maximum absolute atomic E-state index is 12.9. The van der Waals surface area contributed by atoms with Crippen molar-refractivity contribution >= 4 is 23.2 Å². The molecule has 1 N–H and O–H groups in total. The standard InChI is InChI=1S/C20H21ClF3NO3/c1-3-27-17-9-5-13(11-18(17)28-4-2)6-10-19(26)25-14-7-8-16(21)15(12-14)20(22,23)24/h5,7-9,11-12H,3-4,6,10H2,1-2H3,(H,25,26). The lowest BCUT2D eigenvalue weighted by molar-refractivity contribution is -0.137. The lowest BCUT2D eigenvalue weighted by Gasteiger charge is -2.13. The van der Waals surface area contributed by atoms with Gasteiger partial charge in [0.15, 0.2) is 11.5 Å². The first-order chi connectivity index (χ1) is 13.2. The highest BCUT2D eigenvalue weighted by atomic mass is 35.5. The highest BCUT2D eigenvalue weighted by Gasteiger charge is 2.33. The maximum atomic E-state index is 12.9. The molecule has 0 radical (unpaired) electrons. The van der Waals surface area contributed by atoms with Gasteiger partial charge in [0.1, 0.15) is 0 Å². The van der Waals surface area contributed by atoms with Crippen molar-refractivity contribution in [2.45, 2.75) is 32.9 Å². The molecule has 0 aliphatic rings. The Morgan fingerprint density at radius 1 is 1.04 bits per heavy atom. The Morgan fingerprint density at radius 2 is 1.71 bits per heavy atom. The van der Waals surface area contributed by atoms with Crippen molar-refractivity contribution in [2.24, 2.45) is 0 Å². The summed E-state index contributed by atoms with van der Waals surface area (Å²) in [5.74, 6) is 0.815. The van der Waals surface area contributed by atoms with Gasteiger partial charge in [0.05, 0.1) is 23.8 Å². The van der Waals surface area contributed by atoms with E-state index in [9.17, 15) is 18.0 Å². The lowest BCUT2D eigenvalue weighted by Crippen LogP contribution is -2.14. The molecular weight excluding hydrogens is 395 g/mol. The number of rotatable bonds is 8. The molecule has 2 rings (SSSR count). The Balaban J connectivity index is 2.02. The summed E-state index contributed by atoms with van der Waals surface area (Å²) in [7, 11) is 0. The summed E-state index contributed by atoms with van der Waals surface area (Å²) in [6.45, 7) is 4.71. The molecule has 152 valence electrons. The number of carbonyl (C=O) groups excluding carboxylic acids is 1. The summed E-state index contributed by atoms with van der Waals surface area (Å²) in [5.41, 5.74) is -0.0857. The first-order valence-electron chi connectivity index (χ1n) is 8.79. The second kappa shape index (κ2) is 9.68. The molecule has 0 aliphatic heterocycles. The summed E-state index contributed by atoms with van der Waals surface area (Å²) in [4.78, 5) is 12.1. The zero-order chi connectivity index (χ0) is 20.7. The lowest BCUT2D eigenvalue weighted by atomic mass is 10.1. The maximum Gasteiger partial charge on any atom is 0.417 e. The van der Waals surface area contributed by atoms with Crippen LogP contribution in [0, 0.1) is 0 Å². The number of ether oxygens (including phenoxy) is 2. The van der Waals surface area contributed by atoms with Crippen LogP contribution in [0.3, 0.4) is 0 Å². The third kappa shape index (κ3) is 6.05. The Kier molecular flexibility index (Phi) is 7.57. The van der Waals surface area contributed by atoms with Crippen LogP contribution >= 0.6 is 11.6 Å². The van der Waals surface area contributed by atoms with Crippen molar-refractivity contribution in [1.82, 2.24) is 0 Å². The fourth-order valence-corrected chi connectivity index (χ4v) is 2.78. The second-order valence-electron chi connectivity index (χ2n) is 5.89. The molecule has 0 bridgehead atoms. The molecule has 0 fully saturated rings. The van der Waals surface area contributed by atoms with Gasteiger partial charge in [0.25, 0.3) is 0 Å². The molecule has 8 heteroatoms. The number of hydrogen-bond donors (Lipinski definition) is 1. The van der Waals surface area contributed by atoms with Gasteiger partial charge in [-0.1, -0.05) is 17.7 Å². The van der Waals surface area contributed by atoms with Gasteiger partial charge < -0.3 is 14.8 Å². The first-order valence-corrected chi connectivity index (χ1v) is 9.17. The van der Waals surface area contributed by atoms with E-state index in [0.29, 0.717) is 31.1 Å². The zero-order valence-electron chi connectivity index (χ0n) is 15.5. The number of carbonyl (C=O) groups is 1. The van der Waals surface area contributed by atoms with E-state index < -0.39 is 22.7 Å². The summed E-state index contributed by atoms with van der Waals surface area (Å²) in [6, 6.07) is 8.66. The molecule has 0 heterocycles. The number of amides is 1. The van der Waals surface area contributed by atoms with Crippen molar-refractivity contribution in [3.8, 4) is 11.5 Å². The van der Waals surface area contributed by atoms with Crippen molar-refractivity contribution in [2.75, 3.05) is 18.5 Å². The molecular formula is C20H21ClF3NO3. The summed E-state index contributed by atoms with van der Waals surface area (Å²) in [6.07, 6.45) is -4.09. The summed E-state index contributed by atoms with van der Waals surface area (Å²) in [5, 5.41) is 2.06. The average molecular weight is 416 g/mol. The topological polar surface area (TPSA) is 47.6 Å². The Hall–Kier alpha value is -2.41. The molecule has 0 aromatic heterocycles. The van der Waals surface area contributed by atoms with Crippen LogP contribution in [0.25, 0.3) is 0 Å². The molecule has 1 amide bonds. The molecule has 0 saturated carbocycles. The monoisotopic (exact) mass is 415 g/mol. The van der Waals surface area contributed by atoms with Gasteiger partial charge in [-0.05, 0) is 56.2 Å². The molecule has 0 spiro atoms. The van der Waals surface area contributed by atoms with Crippen LogP contribution in [-0.2, 0) is 17.4 Å². The van der Waals surface area contributed by atoms with E-state index in [1.165, 1.54) is 6.07 Å². The second-order valence-corrected chi connectivity index (χ2v) is 6.29. The summed E-state index contributed by atoms with van der Waals surface area (Å²) < 4.78 is 49.7. The van der Waals surface area contributed by atoms with Crippen LogP contribution in [0.15, 0.2) is 36.4 Å². The van der Waals surface area contributed by atoms with E-state index in [1.807, 2.05) is 19.9 Å². The molecule has 0 unspecified atom stereocenters. The van der Waals surface area contributed by atoms with E-state index in [4.69, 9.17) is 21.1 Å². The normalized spacial score (nSPS) is 11.2. The fourth-order valence-electron chi connectivity index (χ4n) is 2.55. The van der Waals surface area contributed by atoms with E-state index in [0.717, 1.165) is 17.7 Å². The van der Waals surface area contributed by atoms with Crippen LogP contribution in [0.1, 0.15) is 31.4 Å². The zero-order valence-corrected chi connectivity index (χ0v) is 16.3. The number of alkyl halides is 3. The van der Waals surface area contributed by atoms with Gasteiger partial charge in [0.2, 0.25) is 5.91 Å². The van der Waals surface area contributed by atoms with Crippen LogP contribution in [0.4, 0.5) is 18.9 Å². The van der Waals surface area contributed by atoms with E-state index in [-0.39, 0.29) is 12.1 Å². The predicted molar refractivity (Wildman–Crippen MR) is 102 cm³/mol. The average Bonchev–Trinajstić information content (AvgIpc) is 2.63. The van der Waals surface area contributed by atoms with Crippen LogP contribution in [-0.4, -0.2) is 19.1 Å². The van der Waals surface area contributed by atoms with Gasteiger partial charge >= 0.3 is 6.18 Å². The van der Waals surface area contributed by atoms with Crippen molar-refractivity contribution in [1.29, 1.82) is 0 Å². The minimum Gasteiger partial charge on any atom is -0.490 e.